The zero-order valence-electron chi connectivity index (χ0n) is 18.3. The van der Waals surface area contributed by atoms with Crippen LogP contribution < -0.4 is 19.7 Å². The van der Waals surface area contributed by atoms with Gasteiger partial charge in [-0.1, -0.05) is 6.07 Å². The third-order valence-electron chi connectivity index (χ3n) is 5.82. The Morgan fingerprint density at radius 1 is 1.06 bits per heavy atom. The fraction of sp³-hybridized carbons (Fsp3) is 0.200. The Kier molecular flexibility index (Phi) is 5.75. The van der Waals surface area contributed by atoms with Gasteiger partial charge in [0.2, 0.25) is 0 Å². The standard InChI is InChI=1S/C25H24N4O3S/c1-30-17-10-11-20(22(15-17)31-2)29-24(23(27-25(29)33)19-8-3-4-12-26-19)21-9-5-13-28(21)16-18-7-6-14-32-18/h3-15,23-24H,16H2,1-2H3,(H,27,33). The first-order chi connectivity index (χ1) is 16.2. The fourth-order valence-corrected chi connectivity index (χ4v) is 4.65. The molecule has 4 heterocycles. The largest absolute Gasteiger partial charge is 0.497 e. The van der Waals surface area contributed by atoms with Crippen LogP contribution in [0.2, 0.25) is 0 Å². The molecule has 0 amide bonds. The minimum Gasteiger partial charge on any atom is -0.497 e. The lowest BCUT2D eigenvalue weighted by Gasteiger charge is -2.30. The first-order valence-corrected chi connectivity index (χ1v) is 11.0. The number of aromatic nitrogens is 2. The number of hydrogen-bond acceptors (Lipinski definition) is 5. The molecule has 0 saturated carbocycles. The molecule has 1 fully saturated rings. The summed E-state index contributed by atoms with van der Waals surface area (Å²) >= 11 is 5.85. The van der Waals surface area contributed by atoms with E-state index in [2.05, 4.69) is 32.0 Å². The average molecular weight is 461 g/mol. The summed E-state index contributed by atoms with van der Waals surface area (Å²) < 4.78 is 18.9. The number of anilines is 1. The monoisotopic (exact) mass is 460 g/mol. The van der Waals surface area contributed by atoms with Crippen molar-refractivity contribution < 1.29 is 13.9 Å². The van der Waals surface area contributed by atoms with Gasteiger partial charge in [0.25, 0.3) is 0 Å². The summed E-state index contributed by atoms with van der Waals surface area (Å²) in [5.74, 6) is 2.27. The zero-order valence-corrected chi connectivity index (χ0v) is 19.2. The third kappa shape index (κ3) is 3.93. The molecule has 3 aromatic heterocycles. The maximum Gasteiger partial charge on any atom is 0.174 e. The van der Waals surface area contributed by atoms with Crippen LogP contribution in [0.15, 0.2) is 83.7 Å². The molecular weight excluding hydrogens is 436 g/mol. The Labute approximate surface area is 197 Å². The highest BCUT2D eigenvalue weighted by Crippen LogP contribution is 2.45. The Hall–Kier alpha value is -3.78. The Balaban J connectivity index is 1.63. The highest BCUT2D eigenvalue weighted by molar-refractivity contribution is 7.80. The molecule has 4 aromatic rings. The number of nitrogens with one attached hydrogen (secondary N) is 1. The topological polar surface area (TPSA) is 64.7 Å². The van der Waals surface area contributed by atoms with E-state index in [1.807, 2.05) is 54.6 Å². The van der Waals surface area contributed by atoms with Gasteiger partial charge in [0.1, 0.15) is 23.3 Å². The molecule has 33 heavy (non-hydrogen) atoms. The molecule has 1 aromatic carbocycles. The Morgan fingerprint density at radius 2 is 1.97 bits per heavy atom. The summed E-state index contributed by atoms with van der Waals surface area (Å²) in [5, 5.41) is 4.10. The van der Waals surface area contributed by atoms with Gasteiger partial charge in [-0.25, -0.2) is 0 Å². The number of pyridine rings is 1. The van der Waals surface area contributed by atoms with E-state index in [-0.39, 0.29) is 12.1 Å². The van der Waals surface area contributed by atoms with Crippen molar-refractivity contribution in [3.63, 3.8) is 0 Å². The maximum atomic E-state index is 5.85. The second kappa shape index (κ2) is 8.99. The molecule has 7 nitrogen and oxygen atoms in total. The summed E-state index contributed by atoms with van der Waals surface area (Å²) in [6, 6.07) is 19.4. The van der Waals surface area contributed by atoms with Gasteiger partial charge in [-0.2, -0.15) is 0 Å². The normalized spacial score (nSPS) is 17.8. The Bertz CT molecular complexity index is 1240. The van der Waals surface area contributed by atoms with Gasteiger partial charge < -0.3 is 28.7 Å². The van der Waals surface area contributed by atoms with Gasteiger partial charge in [0.15, 0.2) is 5.11 Å². The second-order valence-electron chi connectivity index (χ2n) is 7.67. The van der Waals surface area contributed by atoms with Crippen LogP contribution in [-0.4, -0.2) is 28.9 Å². The lowest BCUT2D eigenvalue weighted by atomic mass is 10.0. The van der Waals surface area contributed by atoms with Gasteiger partial charge in [-0.05, 0) is 60.7 Å². The quantitative estimate of drug-likeness (QED) is 0.401. The molecule has 1 aliphatic heterocycles. The lowest BCUT2D eigenvalue weighted by molar-refractivity contribution is 0.394. The molecule has 5 rings (SSSR count). The van der Waals surface area contributed by atoms with Gasteiger partial charge in [-0.3, -0.25) is 4.98 Å². The van der Waals surface area contributed by atoms with E-state index >= 15 is 0 Å². The molecule has 1 saturated heterocycles. The van der Waals surface area contributed by atoms with Gasteiger partial charge in [0.05, 0.1) is 44.5 Å². The number of thiocarbonyl (C=S) groups is 1. The molecule has 0 aliphatic carbocycles. The highest BCUT2D eigenvalue weighted by atomic mass is 32.1. The molecule has 168 valence electrons. The van der Waals surface area contributed by atoms with Crippen molar-refractivity contribution in [1.82, 2.24) is 14.9 Å². The number of methoxy groups -OCH3 is 2. The van der Waals surface area contributed by atoms with Crippen LogP contribution in [0, 0.1) is 0 Å². The number of rotatable bonds is 7. The minimum absolute atomic E-state index is 0.157. The van der Waals surface area contributed by atoms with Crippen molar-refractivity contribution in [2.24, 2.45) is 0 Å². The maximum absolute atomic E-state index is 5.85. The number of hydrogen-bond donors (Lipinski definition) is 1. The fourth-order valence-electron chi connectivity index (χ4n) is 4.31. The van der Waals surface area contributed by atoms with Gasteiger partial charge >= 0.3 is 0 Å². The van der Waals surface area contributed by atoms with Gasteiger partial charge in [-0.15, -0.1) is 0 Å². The highest BCUT2D eigenvalue weighted by Gasteiger charge is 2.43. The summed E-state index contributed by atoms with van der Waals surface area (Å²) in [6.45, 7) is 0.612. The Morgan fingerprint density at radius 3 is 2.70 bits per heavy atom. The average Bonchev–Trinajstić information content (AvgIpc) is 3.60. The molecule has 0 bridgehead atoms. The van der Waals surface area contributed by atoms with E-state index < -0.39 is 0 Å². The van der Waals surface area contributed by atoms with E-state index in [9.17, 15) is 0 Å². The SMILES string of the molecule is COc1ccc(N2C(=S)NC(c3ccccn3)C2c2cccn2Cc2ccco2)c(OC)c1. The molecular formula is C25H24N4O3S. The van der Waals surface area contributed by atoms with Crippen LogP contribution in [-0.2, 0) is 6.54 Å². The molecule has 2 atom stereocenters. The van der Waals surface area contributed by atoms with Crippen molar-refractivity contribution in [3.8, 4) is 11.5 Å². The van der Waals surface area contributed by atoms with E-state index in [0.29, 0.717) is 23.2 Å². The van der Waals surface area contributed by atoms with Crippen LogP contribution >= 0.6 is 12.2 Å². The lowest BCUT2D eigenvalue weighted by Crippen LogP contribution is -2.30. The van der Waals surface area contributed by atoms with E-state index in [0.717, 1.165) is 22.8 Å². The van der Waals surface area contributed by atoms with Gasteiger partial charge in [0, 0.05) is 24.2 Å². The molecule has 0 spiro atoms. The zero-order chi connectivity index (χ0) is 22.8. The van der Waals surface area contributed by atoms with Crippen LogP contribution in [0.25, 0.3) is 0 Å². The summed E-state index contributed by atoms with van der Waals surface area (Å²) in [6.07, 6.45) is 5.55. The van der Waals surface area contributed by atoms with E-state index in [1.165, 1.54) is 0 Å². The van der Waals surface area contributed by atoms with Crippen molar-refractivity contribution >= 4 is 23.0 Å². The summed E-state index contributed by atoms with van der Waals surface area (Å²) in [4.78, 5) is 6.73. The molecule has 0 radical (unpaired) electrons. The number of furan rings is 1. The minimum atomic E-state index is -0.167. The molecule has 2 unspecified atom stereocenters. The van der Waals surface area contributed by atoms with Crippen LogP contribution in [0.3, 0.4) is 0 Å². The van der Waals surface area contributed by atoms with Crippen molar-refractivity contribution in [3.05, 3.63) is 96.5 Å². The van der Waals surface area contributed by atoms with Crippen molar-refractivity contribution in [2.75, 3.05) is 19.1 Å². The smallest absolute Gasteiger partial charge is 0.174 e. The predicted octanol–water partition coefficient (Wildman–Crippen LogP) is 4.72. The molecule has 8 heteroatoms. The number of nitrogens with zero attached hydrogens (tertiary/aromatic N) is 3. The first kappa shape index (κ1) is 21.1. The van der Waals surface area contributed by atoms with Crippen molar-refractivity contribution in [2.45, 2.75) is 18.6 Å². The summed E-state index contributed by atoms with van der Waals surface area (Å²) in [7, 11) is 3.29. The molecule has 1 aliphatic rings. The van der Waals surface area contributed by atoms with Crippen LogP contribution in [0.5, 0.6) is 11.5 Å². The number of benzene rings is 1. The van der Waals surface area contributed by atoms with E-state index in [1.54, 1.807) is 26.7 Å². The first-order valence-electron chi connectivity index (χ1n) is 10.6. The predicted molar refractivity (Wildman–Crippen MR) is 130 cm³/mol. The summed E-state index contributed by atoms with van der Waals surface area (Å²) in [5.41, 5.74) is 2.84. The number of ether oxygens (including phenoxy) is 2. The van der Waals surface area contributed by atoms with Crippen molar-refractivity contribution in [1.29, 1.82) is 0 Å². The third-order valence-corrected chi connectivity index (χ3v) is 6.13. The van der Waals surface area contributed by atoms with E-state index in [4.69, 9.17) is 26.1 Å². The second-order valence-corrected chi connectivity index (χ2v) is 8.06. The van der Waals surface area contributed by atoms with Crippen LogP contribution in [0.4, 0.5) is 5.69 Å². The van der Waals surface area contributed by atoms with Crippen LogP contribution in [0.1, 0.15) is 29.2 Å². The molecule has 1 N–H and O–H groups in total.